The first-order valence-electron chi connectivity index (χ1n) is 20.7. The molecule has 18 heteroatoms. The van der Waals surface area contributed by atoms with Crippen LogP contribution >= 0.6 is 0 Å². The molecule has 64 heavy (non-hydrogen) atoms. The van der Waals surface area contributed by atoms with Crippen molar-refractivity contribution in [3.05, 3.63) is 96.1 Å². The summed E-state index contributed by atoms with van der Waals surface area (Å²) in [5, 5.41) is 13.0. The molecule has 2 heterocycles. The van der Waals surface area contributed by atoms with E-state index in [4.69, 9.17) is 47.1 Å². The summed E-state index contributed by atoms with van der Waals surface area (Å²) >= 11 is 0. The average molecular weight is 909 g/mol. The van der Waals surface area contributed by atoms with Gasteiger partial charge in [-0.15, -0.1) is 0 Å². The number of carbonyl (C=O) groups is 6. The molecule has 346 valence electrons. The molecule has 3 aromatic rings. The van der Waals surface area contributed by atoms with Gasteiger partial charge in [-0.05, 0) is 34.5 Å². The number of aryl methyl sites for hydroxylation is 1. The predicted molar refractivity (Wildman–Crippen MR) is 227 cm³/mol. The zero-order valence-electron chi connectivity index (χ0n) is 37.2. The summed E-state index contributed by atoms with van der Waals surface area (Å²) in [6, 6.07) is 25.8. The van der Waals surface area contributed by atoms with Crippen molar-refractivity contribution >= 4 is 54.5 Å². The molecule has 0 bridgehead atoms. The van der Waals surface area contributed by atoms with Gasteiger partial charge >= 0.3 is 35.8 Å². The van der Waals surface area contributed by atoms with Gasteiger partial charge in [0, 0.05) is 34.6 Å². The first kappa shape index (κ1) is 49.5. The Morgan fingerprint density at radius 2 is 1.03 bits per heavy atom. The fraction of sp³-hybridized carbons (Fsp3) is 0.478. The average Bonchev–Trinajstić information content (AvgIpc) is 3.21. The van der Waals surface area contributed by atoms with E-state index in [1.54, 1.807) is 24.3 Å². The number of aliphatic hydroxyl groups is 1. The van der Waals surface area contributed by atoms with Gasteiger partial charge < -0.3 is 52.2 Å². The highest BCUT2D eigenvalue weighted by Gasteiger charge is 2.58. The van der Waals surface area contributed by atoms with Crippen LogP contribution in [0.3, 0.4) is 0 Å². The van der Waals surface area contributed by atoms with E-state index < -0.39 is 117 Å². The van der Waals surface area contributed by atoms with E-state index in [1.165, 1.54) is 0 Å². The van der Waals surface area contributed by atoms with Crippen LogP contribution in [0.5, 0.6) is 0 Å². The number of rotatable bonds is 15. The van der Waals surface area contributed by atoms with Crippen molar-refractivity contribution in [2.24, 2.45) is 0 Å². The Bertz CT molecular complexity index is 2050. The Morgan fingerprint density at radius 3 is 1.53 bits per heavy atom. The zero-order chi connectivity index (χ0) is 46.9. The van der Waals surface area contributed by atoms with Crippen LogP contribution < -0.4 is 10.4 Å². The van der Waals surface area contributed by atoms with Crippen LogP contribution in [0.1, 0.15) is 71.3 Å². The number of ether oxygens (including phenoxy) is 9. The molecule has 5 rings (SSSR count). The third-order valence-corrected chi connectivity index (χ3v) is 15.6. The first-order valence-corrected chi connectivity index (χ1v) is 22.6. The van der Waals surface area contributed by atoms with E-state index in [1.807, 2.05) is 67.6 Å². The second kappa shape index (κ2) is 21.5. The summed E-state index contributed by atoms with van der Waals surface area (Å²) in [6.07, 6.45) is -16.6. The van der Waals surface area contributed by atoms with Gasteiger partial charge in [-0.2, -0.15) is 0 Å². The molecule has 2 aliphatic heterocycles. The van der Waals surface area contributed by atoms with E-state index in [0.29, 0.717) is 0 Å². The van der Waals surface area contributed by atoms with Crippen molar-refractivity contribution in [1.82, 2.24) is 0 Å². The minimum absolute atomic E-state index is 0.124. The number of carbonyl (C=O) groups excluding carboxylic acids is 6. The molecule has 17 nitrogen and oxygen atoms in total. The molecule has 1 N–H and O–H groups in total. The van der Waals surface area contributed by atoms with Crippen LogP contribution in [-0.2, 0) is 71.0 Å². The smallest absolute Gasteiger partial charge is 0.338 e. The molecular weight excluding hydrogens is 853 g/mol. The Balaban J connectivity index is 1.67. The molecule has 3 aromatic carbocycles. The highest BCUT2D eigenvalue weighted by atomic mass is 28.4. The molecule has 2 aliphatic rings. The van der Waals surface area contributed by atoms with Crippen molar-refractivity contribution in [2.75, 3.05) is 13.2 Å². The molecule has 0 amide bonds. The maximum absolute atomic E-state index is 14.2. The zero-order valence-corrected chi connectivity index (χ0v) is 38.2. The molecule has 10 atom stereocenters. The molecule has 0 aliphatic carbocycles. The minimum Gasteiger partial charge on any atom is -0.463 e. The molecule has 2 fully saturated rings. The van der Waals surface area contributed by atoms with Gasteiger partial charge in [0.15, 0.2) is 43.1 Å². The van der Waals surface area contributed by atoms with E-state index in [2.05, 4.69) is 20.8 Å². The largest absolute Gasteiger partial charge is 0.463 e. The number of hydrogen-bond donors (Lipinski definition) is 1. The molecule has 0 aromatic heterocycles. The molecule has 0 saturated carbocycles. The van der Waals surface area contributed by atoms with Gasteiger partial charge in [-0.3, -0.25) is 24.0 Å². The molecule has 0 radical (unpaired) electrons. The second-order valence-electron chi connectivity index (χ2n) is 16.5. The lowest BCUT2D eigenvalue weighted by atomic mass is 9.96. The highest BCUT2D eigenvalue weighted by molar-refractivity contribution is 6.99. The van der Waals surface area contributed by atoms with Crippen LogP contribution in [0.4, 0.5) is 0 Å². The number of aliphatic hydroxyl groups excluding tert-OH is 1. The van der Waals surface area contributed by atoms with Crippen LogP contribution in [0.15, 0.2) is 84.9 Å². The minimum atomic E-state index is -3.35. The standard InChI is InChI=1S/C46H56O17Si/c1-26-20-22-32(23-21-26)43(52)62-38-36(25-55-64(46(7,8)9,33-16-12-10-13-17-33)34-18-14-11-15-19-34)60-44(53)41(58-30(5)50)39(38)63-45-42(59-31(6)51)40(57-29(4)49)37(56-28(3)48)35(61-45)24-54-27(2)47/h10-23,35-42,44-45,53H,24-25H2,1-9H3/t35-,36-,37+,38+,39+,40+,41-,42-,44+,45-/m1/s1. The van der Waals surface area contributed by atoms with E-state index in [-0.39, 0.29) is 12.2 Å². The van der Waals surface area contributed by atoms with Gasteiger partial charge in [0.05, 0.1) is 12.2 Å². The van der Waals surface area contributed by atoms with Gasteiger partial charge in [0.1, 0.15) is 24.9 Å². The Morgan fingerprint density at radius 1 is 0.562 bits per heavy atom. The maximum Gasteiger partial charge on any atom is 0.338 e. The normalized spacial score (nSPS) is 25.8. The molecule has 2 saturated heterocycles. The summed E-state index contributed by atoms with van der Waals surface area (Å²) < 4.78 is 60.1. The Kier molecular flexibility index (Phi) is 16.6. The van der Waals surface area contributed by atoms with E-state index in [0.717, 1.165) is 50.6 Å². The van der Waals surface area contributed by atoms with Gasteiger partial charge in [0.2, 0.25) is 0 Å². The van der Waals surface area contributed by atoms with Crippen LogP contribution in [0, 0.1) is 6.92 Å². The summed E-state index contributed by atoms with van der Waals surface area (Å²) in [4.78, 5) is 76.7. The summed E-state index contributed by atoms with van der Waals surface area (Å²) in [6.45, 7) is 12.5. The lowest BCUT2D eigenvalue weighted by Crippen LogP contribution is -2.69. The summed E-state index contributed by atoms with van der Waals surface area (Å²) in [7, 11) is -3.35. The monoisotopic (exact) mass is 908 g/mol. The second-order valence-corrected chi connectivity index (χ2v) is 20.8. The van der Waals surface area contributed by atoms with Crippen LogP contribution in [0.25, 0.3) is 0 Å². The van der Waals surface area contributed by atoms with Crippen molar-refractivity contribution in [2.45, 2.75) is 129 Å². The van der Waals surface area contributed by atoms with Crippen molar-refractivity contribution in [1.29, 1.82) is 0 Å². The third kappa shape index (κ3) is 12.0. The topological polar surface area (TPSA) is 215 Å². The number of hydrogen-bond acceptors (Lipinski definition) is 17. The van der Waals surface area contributed by atoms with E-state index in [9.17, 15) is 33.9 Å². The summed E-state index contributed by atoms with van der Waals surface area (Å²) in [5.41, 5.74) is 0.982. The first-order chi connectivity index (χ1) is 30.2. The van der Waals surface area contributed by atoms with Gasteiger partial charge in [0.25, 0.3) is 8.32 Å². The Hall–Kier alpha value is -5.50. The molecule has 0 unspecified atom stereocenters. The van der Waals surface area contributed by atoms with Crippen LogP contribution in [-0.4, -0.2) is 124 Å². The number of esters is 6. The van der Waals surface area contributed by atoms with Crippen LogP contribution in [0.2, 0.25) is 5.04 Å². The lowest BCUT2D eigenvalue weighted by molar-refractivity contribution is -0.356. The van der Waals surface area contributed by atoms with Crippen molar-refractivity contribution < 1.29 is 80.9 Å². The highest BCUT2D eigenvalue weighted by Crippen LogP contribution is 2.39. The number of benzene rings is 3. The third-order valence-electron chi connectivity index (χ3n) is 10.6. The summed E-state index contributed by atoms with van der Waals surface area (Å²) in [5.74, 6) is -5.17. The fourth-order valence-electron chi connectivity index (χ4n) is 7.95. The van der Waals surface area contributed by atoms with Crippen molar-refractivity contribution in [3.8, 4) is 0 Å². The lowest BCUT2D eigenvalue weighted by Gasteiger charge is -2.49. The van der Waals surface area contributed by atoms with Crippen molar-refractivity contribution in [3.63, 3.8) is 0 Å². The maximum atomic E-state index is 14.2. The SMILES string of the molecule is CC(=O)OC[C@H]1O[C@H](O[C@@H]2[C@@H](OC(C)=O)[C@@H](O)O[C@H](CO[Si](c3ccccc3)(c3ccccc3)C(C)(C)C)[C@@H]2OC(=O)c2ccc(C)cc2)[C@H](OC(C)=O)[C@@H](OC(C)=O)[C@H]1OC(C)=O. The van der Waals surface area contributed by atoms with Gasteiger partial charge in [-0.1, -0.05) is 99.1 Å². The van der Waals surface area contributed by atoms with E-state index >= 15 is 0 Å². The molecule has 0 spiro atoms. The Labute approximate surface area is 372 Å². The van der Waals surface area contributed by atoms with Gasteiger partial charge in [-0.25, -0.2) is 4.79 Å². The predicted octanol–water partition coefficient (Wildman–Crippen LogP) is 3.21. The molecular formula is C46H56O17Si. The quantitative estimate of drug-likeness (QED) is 0.132. The fourth-order valence-corrected chi connectivity index (χ4v) is 12.5.